The number of halogens is 2. The molecule has 2 aromatic rings. The van der Waals surface area contributed by atoms with Gasteiger partial charge in [0.05, 0.1) is 4.91 Å². The Morgan fingerprint density at radius 1 is 1.07 bits per heavy atom. The summed E-state index contributed by atoms with van der Waals surface area (Å²) in [6.45, 7) is 0.235. The lowest BCUT2D eigenvalue weighted by Crippen LogP contribution is -2.37. The van der Waals surface area contributed by atoms with Crippen molar-refractivity contribution in [2.75, 3.05) is 13.1 Å². The van der Waals surface area contributed by atoms with Crippen molar-refractivity contribution in [2.45, 2.75) is 12.3 Å². The summed E-state index contributed by atoms with van der Waals surface area (Å²) in [7, 11) is 0. The van der Waals surface area contributed by atoms with E-state index < -0.39 is 11.1 Å². The standard InChI is InChI=1S/C22H18F2N2O3S/c23-15-5-1-13(2-6-15)11-19-21(28)26(22(29)30-19)10-9-25-20(27)18-12-17(18)14-3-7-16(24)8-4-14/h1-8,11,17-18H,9-10,12H2,(H,25,27)/b19-11+. The fraction of sp³-hybridized carbons (Fsp3) is 0.227. The van der Waals surface area contributed by atoms with Crippen LogP contribution in [0.25, 0.3) is 6.08 Å². The number of hydrogen-bond acceptors (Lipinski definition) is 4. The summed E-state index contributed by atoms with van der Waals surface area (Å²) in [4.78, 5) is 38.3. The van der Waals surface area contributed by atoms with Gasteiger partial charge in [-0.25, -0.2) is 8.78 Å². The summed E-state index contributed by atoms with van der Waals surface area (Å²) in [5.74, 6) is -1.37. The Morgan fingerprint density at radius 2 is 1.70 bits per heavy atom. The molecule has 4 rings (SSSR count). The molecule has 0 aromatic heterocycles. The highest BCUT2D eigenvalue weighted by atomic mass is 32.2. The van der Waals surface area contributed by atoms with E-state index in [0.717, 1.165) is 22.2 Å². The van der Waals surface area contributed by atoms with Crippen LogP contribution in [0.4, 0.5) is 13.6 Å². The number of carbonyl (C=O) groups is 3. The molecule has 2 aliphatic rings. The molecule has 0 bridgehead atoms. The topological polar surface area (TPSA) is 66.5 Å². The molecule has 1 saturated heterocycles. The summed E-state index contributed by atoms with van der Waals surface area (Å²) in [6, 6.07) is 11.7. The lowest BCUT2D eigenvalue weighted by atomic mass is 10.1. The molecule has 0 spiro atoms. The Balaban J connectivity index is 1.28. The molecule has 1 saturated carbocycles. The third-order valence-electron chi connectivity index (χ3n) is 5.10. The summed E-state index contributed by atoms with van der Waals surface area (Å²) >= 11 is 0.819. The zero-order valence-electron chi connectivity index (χ0n) is 15.8. The van der Waals surface area contributed by atoms with Crippen molar-refractivity contribution in [1.29, 1.82) is 0 Å². The molecule has 2 fully saturated rings. The van der Waals surface area contributed by atoms with Crippen LogP contribution in [0.1, 0.15) is 23.5 Å². The molecule has 2 aromatic carbocycles. The molecule has 8 heteroatoms. The van der Waals surface area contributed by atoms with E-state index in [-0.39, 0.29) is 47.4 Å². The number of benzene rings is 2. The van der Waals surface area contributed by atoms with E-state index in [1.807, 2.05) is 0 Å². The fourth-order valence-corrected chi connectivity index (χ4v) is 4.25. The molecule has 1 aliphatic carbocycles. The number of nitrogens with one attached hydrogen (secondary N) is 1. The number of imide groups is 1. The minimum absolute atomic E-state index is 0.0708. The van der Waals surface area contributed by atoms with Crippen LogP contribution in [-0.2, 0) is 9.59 Å². The Hall–Kier alpha value is -3.00. The molecule has 2 unspecified atom stereocenters. The van der Waals surface area contributed by atoms with Crippen molar-refractivity contribution in [2.24, 2.45) is 5.92 Å². The van der Waals surface area contributed by atoms with Crippen LogP contribution >= 0.6 is 11.8 Å². The largest absolute Gasteiger partial charge is 0.354 e. The second-order valence-corrected chi connectivity index (χ2v) is 8.17. The zero-order valence-corrected chi connectivity index (χ0v) is 16.6. The molecule has 5 nitrogen and oxygen atoms in total. The number of thioether (sulfide) groups is 1. The quantitative estimate of drug-likeness (QED) is 0.709. The van der Waals surface area contributed by atoms with Crippen LogP contribution in [0.5, 0.6) is 0 Å². The average molecular weight is 428 g/mol. The minimum Gasteiger partial charge on any atom is -0.354 e. The summed E-state index contributed by atoms with van der Waals surface area (Å²) in [5.41, 5.74) is 1.55. The second kappa shape index (κ2) is 8.39. The zero-order chi connectivity index (χ0) is 21.3. The van der Waals surface area contributed by atoms with Gasteiger partial charge in [-0.15, -0.1) is 0 Å². The van der Waals surface area contributed by atoms with Crippen LogP contribution in [0.3, 0.4) is 0 Å². The number of nitrogens with zero attached hydrogens (tertiary/aromatic N) is 1. The third kappa shape index (κ3) is 4.43. The van der Waals surface area contributed by atoms with Crippen LogP contribution in [0.2, 0.25) is 0 Å². The lowest BCUT2D eigenvalue weighted by Gasteiger charge is -2.13. The van der Waals surface area contributed by atoms with Gasteiger partial charge in [0.25, 0.3) is 11.1 Å². The molecule has 2 atom stereocenters. The number of amides is 3. The van der Waals surface area contributed by atoms with E-state index in [1.54, 1.807) is 18.2 Å². The van der Waals surface area contributed by atoms with Crippen molar-refractivity contribution in [1.82, 2.24) is 10.2 Å². The van der Waals surface area contributed by atoms with Gasteiger partial charge in [-0.05, 0) is 65.6 Å². The molecule has 30 heavy (non-hydrogen) atoms. The van der Waals surface area contributed by atoms with Crippen molar-refractivity contribution < 1.29 is 23.2 Å². The molecule has 1 heterocycles. The Bertz CT molecular complexity index is 1020. The van der Waals surface area contributed by atoms with Crippen LogP contribution in [0, 0.1) is 17.6 Å². The van der Waals surface area contributed by atoms with Crippen molar-refractivity contribution in [3.63, 3.8) is 0 Å². The monoisotopic (exact) mass is 428 g/mol. The van der Waals surface area contributed by atoms with E-state index in [9.17, 15) is 23.2 Å². The second-order valence-electron chi connectivity index (χ2n) is 7.18. The SMILES string of the molecule is O=C(NCCN1C(=O)S/C(=C/c2ccc(F)cc2)C1=O)C1CC1c1ccc(F)cc1. The van der Waals surface area contributed by atoms with E-state index >= 15 is 0 Å². The van der Waals surface area contributed by atoms with Gasteiger partial charge in [0.15, 0.2) is 0 Å². The first-order valence-electron chi connectivity index (χ1n) is 9.46. The summed E-state index contributed by atoms with van der Waals surface area (Å²) < 4.78 is 26.0. The summed E-state index contributed by atoms with van der Waals surface area (Å²) in [5, 5.41) is 2.36. The molecule has 0 radical (unpaired) electrons. The molecule has 1 aliphatic heterocycles. The van der Waals surface area contributed by atoms with E-state index in [0.29, 0.717) is 12.0 Å². The molecule has 154 valence electrons. The predicted molar refractivity (Wildman–Crippen MR) is 109 cm³/mol. The first-order valence-corrected chi connectivity index (χ1v) is 10.3. The predicted octanol–water partition coefficient (Wildman–Crippen LogP) is 3.92. The molecule has 1 N–H and O–H groups in total. The first-order chi connectivity index (χ1) is 14.4. The van der Waals surface area contributed by atoms with E-state index in [4.69, 9.17) is 0 Å². The lowest BCUT2D eigenvalue weighted by molar-refractivity contribution is -0.124. The van der Waals surface area contributed by atoms with Gasteiger partial charge in [-0.3, -0.25) is 19.3 Å². The van der Waals surface area contributed by atoms with Crippen molar-refractivity contribution in [3.8, 4) is 0 Å². The summed E-state index contributed by atoms with van der Waals surface area (Å²) in [6.07, 6.45) is 2.24. The number of carbonyl (C=O) groups excluding carboxylic acids is 3. The smallest absolute Gasteiger partial charge is 0.293 e. The van der Waals surface area contributed by atoms with Crippen molar-refractivity contribution >= 4 is 34.9 Å². The Labute approximate surface area is 176 Å². The maximum absolute atomic E-state index is 13.0. The fourth-order valence-electron chi connectivity index (χ4n) is 3.39. The molecular weight excluding hydrogens is 410 g/mol. The molecule has 3 amide bonds. The molecular formula is C22H18F2N2O3S. The Morgan fingerprint density at radius 3 is 2.37 bits per heavy atom. The van der Waals surface area contributed by atoms with Crippen molar-refractivity contribution in [3.05, 3.63) is 76.2 Å². The van der Waals surface area contributed by atoms with Gasteiger partial charge in [0.2, 0.25) is 5.91 Å². The first kappa shape index (κ1) is 20.3. The maximum atomic E-state index is 13.0. The van der Waals surface area contributed by atoms with Gasteiger partial charge >= 0.3 is 0 Å². The highest BCUT2D eigenvalue weighted by Crippen LogP contribution is 2.47. The van der Waals surface area contributed by atoms with Gasteiger partial charge < -0.3 is 5.32 Å². The van der Waals surface area contributed by atoms with Gasteiger partial charge in [0.1, 0.15) is 11.6 Å². The van der Waals surface area contributed by atoms with E-state index in [1.165, 1.54) is 36.4 Å². The maximum Gasteiger partial charge on any atom is 0.293 e. The van der Waals surface area contributed by atoms with E-state index in [2.05, 4.69) is 5.32 Å². The van der Waals surface area contributed by atoms with Gasteiger partial charge in [0, 0.05) is 19.0 Å². The number of hydrogen-bond donors (Lipinski definition) is 1. The van der Waals surface area contributed by atoms with Crippen LogP contribution in [0.15, 0.2) is 53.4 Å². The highest BCUT2D eigenvalue weighted by molar-refractivity contribution is 8.18. The minimum atomic E-state index is -0.431. The third-order valence-corrected chi connectivity index (χ3v) is 6.01. The Kier molecular flexibility index (Phi) is 5.67. The highest BCUT2D eigenvalue weighted by Gasteiger charge is 2.44. The van der Waals surface area contributed by atoms with Gasteiger partial charge in [-0.2, -0.15) is 0 Å². The average Bonchev–Trinajstić information content (AvgIpc) is 3.48. The number of rotatable bonds is 6. The van der Waals surface area contributed by atoms with Crippen LogP contribution in [-0.4, -0.2) is 35.0 Å². The van der Waals surface area contributed by atoms with Crippen LogP contribution < -0.4 is 5.32 Å². The van der Waals surface area contributed by atoms with Gasteiger partial charge in [-0.1, -0.05) is 24.3 Å². The normalized spacial score (nSPS) is 21.9.